The summed E-state index contributed by atoms with van der Waals surface area (Å²) >= 11 is 0. The van der Waals surface area contributed by atoms with Crippen LogP contribution in [0.15, 0.2) is 54.6 Å². The fourth-order valence-corrected chi connectivity index (χ4v) is 2.96. The zero-order valence-electron chi connectivity index (χ0n) is 15.6. The highest BCUT2D eigenvalue weighted by atomic mass is 19.4. The van der Waals surface area contributed by atoms with Crippen molar-refractivity contribution >= 4 is 29.4 Å². The van der Waals surface area contributed by atoms with Crippen LogP contribution in [0.3, 0.4) is 0 Å². The number of hydrogen-bond donors (Lipinski definition) is 2. The molecule has 0 aromatic heterocycles. The summed E-state index contributed by atoms with van der Waals surface area (Å²) in [5.41, 5.74) is 3.20. The molecule has 3 rings (SSSR count). The molecule has 1 saturated heterocycles. The third-order valence-electron chi connectivity index (χ3n) is 4.31. The molecule has 0 atom stereocenters. The fraction of sp³-hybridized carbons (Fsp3) is 0.200. The molecule has 30 heavy (non-hydrogen) atoms. The van der Waals surface area contributed by atoms with Gasteiger partial charge in [0.05, 0.1) is 5.69 Å². The van der Waals surface area contributed by atoms with Gasteiger partial charge >= 0.3 is 12.2 Å². The van der Waals surface area contributed by atoms with Gasteiger partial charge in [-0.2, -0.15) is 13.2 Å². The van der Waals surface area contributed by atoms with E-state index in [2.05, 4.69) is 4.74 Å². The molecular formula is C20H18F3N3O4. The number of hydroxylamine groups is 1. The molecule has 0 saturated carbocycles. The van der Waals surface area contributed by atoms with Crippen LogP contribution in [0.25, 0.3) is 6.08 Å². The number of hydrogen-bond acceptors (Lipinski definition) is 4. The second kappa shape index (κ2) is 8.87. The maximum Gasteiger partial charge on any atom is 0.422 e. The Morgan fingerprint density at radius 2 is 1.77 bits per heavy atom. The fourth-order valence-electron chi connectivity index (χ4n) is 2.96. The summed E-state index contributed by atoms with van der Waals surface area (Å²) in [7, 11) is 0. The highest BCUT2D eigenvalue weighted by Gasteiger charge is 2.32. The number of halogens is 3. The van der Waals surface area contributed by atoms with E-state index in [0.717, 1.165) is 6.08 Å². The van der Waals surface area contributed by atoms with E-state index < -0.39 is 18.7 Å². The molecule has 1 aliphatic rings. The number of carbonyl (C=O) groups is 2. The number of nitrogens with one attached hydrogen (secondary N) is 1. The van der Waals surface area contributed by atoms with E-state index in [4.69, 9.17) is 5.21 Å². The summed E-state index contributed by atoms with van der Waals surface area (Å²) in [5, 5.41) is 8.60. The highest BCUT2D eigenvalue weighted by Crippen LogP contribution is 2.29. The van der Waals surface area contributed by atoms with E-state index in [-0.39, 0.29) is 11.8 Å². The molecule has 7 nitrogen and oxygen atoms in total. The smallest absolute Gasteiger partial charge is 0.422 e. The lowest BCUT2D eigenvalue weighted by atomic mass is 10.1. The number of anilines is 2. The number of amides is 3. The van der Waals surface area contributed by atoms with Crippen LogP contribution in [0.2, 0.25) is 0 Å². The number of para-hydroxylation sites is 1. The Morgan fingerprint density at radius 3 is 2.43 bits per heavy atom. The normalized spacial score (nSPS) is 14.5. The molecule has 2 aromatic rings. The predicted molar refractivity (Wildman–Crippen MR) is 103 cm³/mol. The molecule has 0 aliphatic carbocycles. The summed E-state index contributed by atoms with van der Waals surface area (Å²) in [6, 6.07) is 12.4. The second-order valence-corrected chi connectivity index (χ2v) is 6.35. The zero-order chi connectivity index (χ0) is 21.7. The van der Waals surface area contributed by atoms with Crippen molar-refractivity contribution in [3.05, 3.63) is 60.2 Å². The van der Waals surface area contributed by atoms with E-state index in [1.54, 1.807) is 24.3 Å². The van der Waals surface area contributed by atoms with E-state index in [9.17, 15) is 22.8 Å². The molecular weight excluding hydrogens is 403 g/mol. The van der Waals surface area contributed by atoms with Crippen LogP contribution in [-0.2, 0) is 4.79 Å². The lowest BCUT2D eigenvalue weighted by Crippen LogP contribution is -2.32. The molecule has 0 spiro atoms. The van der Waals surface area contributed by atoms with Gasteiger partial charge in [0.15, 0.2) is 6.61 Å². The third-order valence-corrected chi connectivity index (χ3v) is 4.31. The molecule has 3 amide bonds. The largest absolute Gasteiger partial charge is 0.484 e. The topological polar surface area (TPSA) is 82.1 Å². The summed E-state index contributed by atoms with van der Waals surface area (Å²) < 4.78 is 41.4. The average molecular weight is 421 g/mol. The SMILES string of the molecule is O=C(/C=C/c1ccccc1N1CCN(c2ccc(OCC(F)(F)F)cc2)C1=O)NO. The van der Waals surface area contributed by atoms with Gasteiger partial charge in [-0.05, 0) is 42.0 Å². The number of nitrogens with zero attached hydrogens (tertiary/aromatic N) is 2. The quantitative estimate of drug-likeness (QED) is 0.424. The van der Waals surface area contributed by atoms with E-state index in [0.29, 0.717) is 30.0 Å². The van der Waals surface area contributed by atoms with Crippen LogP contribution in [0.1, 0.15) is 5.56 Å². The van der Waals surface area contributed by atoms with Crippen molar-refractivity contribution in [3.8, 4) is 5.75 Å². The number of rotatable bonds is 6. The molecule has 0 radical (unpaired) electrons. The minimum Gasteiger partial charge on any atom is -0.484 e. The van der Waals surface area contributed by atoms with Gasteiger partial charge in [-0.25, -0.2) is 10.3 Å². The van der Waals surface area contributed by atoms with Crippen molar-refractivity contribution in [1.29, 1.82) is 0 Å². The van der Waals surface area contributed by atoms with E-state index in [1.165, 1.54) is 45.6 Å². The Hall–Kier alpha value is -3.53. The standard InChI is InChI=1S/C20H18F3N3O4/c21-20(22,23)13-30-16-8-6-15(7-9-16)25-11-12-26(19(25)28)17-4-2-1-3-14(17)5-10-18(27)24-29/h1-10,29H,11-13H2,(H,24,27)/b10-5+. The Morgan fingerprint density at radius 1 is 1.10 bits per heavy atom. The van der Waals surface area contributed by atoms with Gasteiger partial charge in [0.2, 0.25) is 0 Å². The average Bonchev–Trinajstić information content (AvgIpc) is 3.11. The van der Waals surface area contributed by atoms with Crippen molar-refractivity contribution in [1.82, 2.24) is 5.48 Å². The van der Waals surface area contributed by atoms with Gasteiger partial charge in [0.25, 0.3) is 5.91 Å². The zero-order valence-corrected chi connectivity index (χ0v) is 15.6. The maximum absolute atomic E-state index is 12.9. The Kier molecular flexibility index (Phi) is 6.26. The molecule has 0 bridgehead atoms. The lowest BCUT2D eigenvalue weighted by Gasteiger charge is -2.20. The molecule has 1 fully saturated rings. The number of urea groups is 1. The molecule has 158 valence electrons. The first kappa shape index (κ1) is 21.2. The van der Waals surface area contributed by atoms with Gasteiger partial charge in [0, 0.05) is 24.9 Å². The van der Waals surface area contributed by atoms with Crippen LogP contribution in [-0.4, -0.2) is 43.0 Å². The third kappa shape index (κ3) is 5.09. The first-order valence-corrected chi connectivity index (χ1v) is 8.88. The molecule has 2 N–H and O–H groups in total. The number of alkyl halides is 3. The summed E-state index contributed by atoms with van der Waals surface area (Å²) in [6.45, 7) is -0.639. The molecule has 1 aliphatic heterocycles. The summed E-state index contributed by atoms with van der Waals surface area (Å²) in [6.07, 6.45) is -1.82. The summed E-state index contributed by atoms with van der Waals surface area (Å²) in [4.78, 5) is 27.2. The van der Waals surface area contributed by atoms with Crippen LogP contribution in [0, 0.1) is 0 Å². The molecule has 2 aromatic carbocycles. The van der Waals surface area contributed by atoms with Gasteiger partial charge in [-0.15, -0.1) is 0 Å². The Bertz CT molecular complexity index is 945. The number of carbonyl (C=O) groups excluding carboxylic acids is 2. The van der Waals surface area contributed by atoms with Crippen molar-refractivity contribution < 1.29 is 32.7 Å². The minimum atomic E-state index is -4.43. The number of ether oxygens (including phenoxy) is 1. The number of benzene rings is 2. The van der Waals surface area contributed by atoms with Crippen molar-refractivity contribution in [3.63, 3.8) is 0 Å². The van der Waals surface area contributed by atoms with Crippen molar-refractivity contribution in [2.45, 2.75) is 6.18 Å². The first-order valence-electron chi connectivity index (χ1n) is 8.88. The van der Waals surface area contributed by atoms with Crippen LogP contribution in [0.4, 0.5) is 29.3 Å². The van der Waals surface area contributed by atoms with Gasteiger partial charge < -0.3 is 4.74 Å². The van der Waals surface area contributed by atoms with E-state index in [1.807, 2.05) is 0 Å². The van der Waals surface area contributed by atoms with Crippen LogP contribution < -0.4 is 20.0 Å². The Balaban J connectivity index is 1.74. The minimum absolute atomic E-state index is 0.0530. The van der Waals surface area contributed by atoms with E-state index >= 15 is 0 Å². The Labute approximate surface area is 169 Å². The van der Waals surface area contributed by atoms with Crippen molar-refractivity contribution in [2.24, 2.45) is 0 Å². The van der Waals surface area contributed by atoms with Crippen LogP contribution in [0.5, 0.6) is 5.75 Å². The predicted octanol–water partition coefficient (Wildman–Crippen LogP) is 3.59. The lowest BCUT2D eigenvalue weighted by molar-refractivity contribution is -0.153. The van der Waals surface area contributed by atoms with Crippen molar-refractivity contribution in [2.75, 3.05) is 29.5 Å². The first-order chi connectivity index (χ1) is 14.3. The monoisotopic (exact) mass is 421 g/mol. The van der Waals surface area contributed by atoms with Gasteiger partial charge in [-0.3, -0.25) is 19.8 Å². The van der Waals surface area contributed by atoms with Gasteiger partial charge in [-0.1, -0.05) is 18.2 Å². The van der Waals surface area contributed by atoms with Crippen LogP contribution >= 0.6 is 0 Å². The molecule has 0 unspecified atom stereocenters. The molecule has 10 heteroatoms. The summed E-state index contributed by atoms with van der Waals surface area (Å²) in [5.74, 6) is -0.649. The van der Waals surface area contributed by atoms with Gasteiger partial charge in [0.1, 0.15) is 5.75 Å². The maximum atomic E-state index is 12.9. The molecule has 1 heterocycles. The second-order valence-electron chi connectivity index (χ2n) is 6.35. The highest BCUT2D eigenvalue weighted by molar-refractivity contribution is 6.07.